The van der Waals surface area contributed by atoms with E-state index in [0.717, 1.165) is 38.9 Å². The van der Waals surface area contributed by atoms with Crippen LogP contribution in [-0.4, -0.2) is 62.1 Å². The van der Waals surface area contributed by atoms with Crippen LogP contribution in [0.4, 0.5) is 0 Å². The number of hydrogen-bond donors (Lipinski definition) is 1. The van der Waals surface area contributed by atoms with E-state index in [9.17, 15) is 8.42 Å². The summed E-state index contributed by atoms with van der Waals surface area (Å²) in [5.41, 5.74) is 0. The summed E-state index contributed by atoms with van der Waals surface area (Å²) in [6, 6.07) is 6.41. The van der Waals surface area contributed by atoms with Crippen LogP contribution in [-0.2, 0) is 10.0 Å². The Balaban J connectivity index is 1.88. The third-order valence-corrected chi connectivity index (χ3v) is 6.03. The molecule has 124 valence electrons. The van der Waals surface area contributed by atoms with E-state index in [2.05, 4.69) is 4.90 Å². The van der Waals surface area contributed by atoms with Crippen LogP contribution in [0.15, 0.2) is 29.2 Å². The minimum Gasteiger partial charge on any atom is -0.396 e. The highest BCUT2D eigenvalue weighted by molar-refractivity contribution is 7.89. The van der Waals surface area contributed by atoms with E-state index in [0.29, 0.717) is 18.1 Å². The Kier molecular flexibility index (Phi) is 6.65. The summed E-state index contributed by atoms with van der Waals surface area (Å²) < 4.78 is 26.7. The minimum absolute atomic E-state index is 0.242. The number of benzene rings is 1. The van der Waals surface area contributed by atoms with E-state index in [1.165, 1.54) is 10.4 Å². The second-order valence-corrected chi connectivity index (χ2v) is 7.86. The fourth-order valence-electron chi connectivity index (χ4n) is 2.59. The lowest BCUT2D eigenvalue weighted by atomic mass is 10.2. The Hall–Kier alpha value is -0.660. The van der Waals surface area contributed by atoms with E-state index in [1.54, 1.807) is 18.2 Å². The molecule has 1 fully saturated rings. The number of unbranched alkanes of at least 4 members (excludes halogenated alkanes) is 2. The third-order valence-electron chi connectivity index (χ3n) is 3.90. The molecule has 1 aromatic rings. The Morgan fingerprint density at radius 1 is 1.09 bits per heavy atom. The molecule has 5 nitrogen and oxygen atoms in total. The van der Waals surface area contributed by atoms with Crippen LogP contribution in [0.3, 0.4) is 0 Å². The van der Waals surface area contributed by atoms with Gasteiger partial charge in [0.15, 0.2) is 0 Å². The topological polar surface area (TPSA) is 60.9 Å². The Morgan fingerprint density at radius 3 is 2.45 bits per heavy atom. The van der Waals surface area contributed by atoms with E-state index in [-0.39, 0.29) is 11.5 Å². The SMILES string of the molecule is O=S(=O)(c1cccc(Cl)c1)N1CCN(CCCCCO)CC1. The second-order valence-electron chi connectivity index (χ2n) is 5.49. The molecule has 0 aliphatic carbocycles. The van der Waals surface area contributed by atoms with Gasteiger partial charge in [-0.15, -0.1) is 0 Å². The zero-order valence-corrected chi connectivity index (χ0v) is 14.2. The Bertz CT molecular complexity index is 572. The van der Waals surface area contributed by atoms with Crippen molar-refractivity contribution in [1.29, 1.82) is 0 Å². The van der Waals surface area contributed by atoms with Crippen molar-refractivity contribution in [3.05, 3.63) is 29.3 Å². The molecule has 1 heterocycles. The highest BCUT2D eigenvalue weighted by Crippen LogP contribution is 2.20. The summed E-state index contributed by atoms with van der Waals surface area (Å²) in [5.74, 6) is 0. The number of halogens is 1. The normalized spacial score (nSPS) is 17.7. The number of aliphatic hydroxyl groups excluding tert-OH is 1. The average molecular weight is 347 g/mol. The molecule has 0 aromatic heterocycles. The number of aliphatic hydroxyl groups is 1. The van der Waals surface area contributed by atoms with Crippen LogP contribution >= 0.6 is 11.6 Å². The van der Waals surface area contributed by atoms with E-state index < -0.39 is 10.0 Å². The monoisotopic (exact) mass is 346 g/mol. The predicted octanol–water partition coefficient (Wildman–Crippen LogP) is 1.81. The van der Waals surface area contributed by atoms with Gasteiger partial charge in [0.1, 0.15) is 0 Å². The summed E-state index contributed by atoms with van der Waals surface area (Å²) in [7, 11) is -3.45. The first-order valence-corrected chi connectivity index (χ1v) is 9.45. The third kappa shape index (κ3) is 4.67. The molecule has 0 radical (unpaired) electrons. The van der Waals surface area contributed by atoms with Crippen LogP contribution in [0.25, 0.3) is 0 Å². The fraction of sp³-hybridized carbons (Fsp3) is 0.600. The van der Waals surface area contributed by atoms with Crippen molar-refractivity contribution in [2.75, 3.05) is 39.3 Å². The van der Waals surface area contributed by atoms with Gasteiger partial charge in [0.2, 0.25) is 10.0 Å². The smallest absolute Gasteiger partial charge is 0.243 e. The lowest BCUT2D eigenvalue weighted by Gasteiger charge is -2.34. The van der Waals surface area contributed by atoms with Gasteiger partial charge < -0.3 is 10.0 Å². The van der Waals surface area contributed by atoms with Gasteiger partial charge in [0.05, 0.1) is 4.90 Å². The van der Waals surface area contributed by atoms with Gasteiger partial charge in [-0.3, -0.25) is 0 Å². The molecule has 1 N–H and O–H groups in total. The highest BCUT2D eigenvalue weighted by Gasteiger charge is 2.28. The number of sulfonamides is 1. The maximum atomic E-state index is 12.6. The molecule has 22 heavy (non-hydrogen) atoms. The number of nitrogens with zero attached hydrogens (tertiary/aromatic N) is 2. The van der Waals surface area contributed by atoms with Crippen molar-refractivity contribution in [2.24, 2.45) is 0 Å². The molecule has 1 aromatic carbocycles. The molecule has 1 aliphatic rings. The van der Waals surface area contributed by atoms with E-state index in [1.807, 2.05) is 0 Å². The van der Waals surface area contributed by atoms with Gasteiger partial charge in [-0.05, 0) is 44.0 Å². The van der Waals surface area contributed by atoms with Crippen molar-refractivity contribution < 1.29 is 13.5 Å². The molecule has 2 rings (SSSR count). The molecule has 0 spiro atoms. The van der Waals surface area contributed by atoms with Crippen molar-refractivity contribution in [3.63, 3.8) is 0 Å². The summed E-state index contributed by atoms with van der Waals surface area (Å²) in [6.07, 6.45) is 2.89. The van der Waals surface area contributed by atoms with Gasteiger partial charge in [0, 0.05) is 37.8 Å². The quantitative estimate of drug-likeness (QED) is 0.765. The molecule has 0 saturated carbocycles. The number of rotatable bonds is 7. The lowest BCUT2D eigenvalue weighted by molar-refractivity contribution is 0.183. The Labute approximate surface area is 137 Å². The van der Waals surface area contributed by atoms with E-state index in [4.69, 9.17) is 16.7 Å². The molecular weight excluding hydrogens is 324 g/mol. The molecule has 0 bridgehead atoms. The second kappa shape index (κ2) is 8.26. The summed E-state index contributed by atoms with van der Waals surface area (Å²) in [4.78, 5) is 2.54. The molecule has 0 amide bonds. The zero-order chi connectivity index (χ0) is 16.0. The van der Waals surface area contributed by atoms with Crippen molar-refractivity contribution in [1.82, 2.24) is 9.21 Å². The summed E-state index contributed by atoms with van der Waals surface area (Å²) in [5, 5.41) is 9.19. The molecule has 0 atom stereocenters. The fourth-order valence-corrected chi connectivity index (χ4v) is 4.32. The first-order chi connectivity index (χ1) is 10.5. The largest absolute Gasteiger partial charge is 0.396 e. The van der Waals surface area contributed by atoms with Crippen LogP contribution < -0.4 is 0 Å². The van der Waals surface area contributed by atoms with Crippen LogP contribution in [0.5, 0.6) is 0 Å². The van der Waals surface area contributed by atoms with Gasteiger partial charge in [-0.1, -0.05) is 17.7 Å². The van der Waals surface area contributed by atoms with Gasteiger partial charge in [0.25, 0.3) is 0 Å². The molecule has 1 saturated heterocycles. The first-order valence-electron chi connectivity index (χ1n) is 7.63. The van der Waals surface area contributed by atoms with Crippen LogP contribution in [0.2, 0.25) is 5.02 Å². The molecule has 0 unspecified atom stereocenters. The molecule has 1 aliphatic heterocycles. The van der Waals surface area contributed by atoms with Gasteiger partial charge in [-0.25, -0.2) is 8.42 Å². The zero-order valence-electron chi connectivity index (χ0n) is 12.6. The van der Waals surface area contributed by atoms with Crippen LogP contribution in [0, 0.1) is 0 Å². The lowest BCUT2D eigenvalue weighted by Crippen LogP contribution is -2.48. The van der Waals surface area contributed by atoms with Crippen molar-refractivity contribution in [2.45, 2.75) is 24.2 Å². The minimum atomic E-state index is -3.45. The van der Waals surface area contributed by atoms with Crippen LogP contribution in [0.1, 0.15) is 19.3 Å². The number of piperazine rings is 1. The maximum absolute atomic E-state index is 12.6. The highest BCUT2D eigenvalue weighted by atomic mass is 35.5. The van der Waals surface area contributed by atoms with Gasteiger partial charge in [-0.2, -0.15) is 4.31 Å². The predicted molar refractivity (Wildman–Crippen MR) is 87.6 cm³/mol. The Morgan fingerprint density at radius 2 is 1.82 bits per heavy atom. The van der Waals surface area contributed by atoms with E-state index >= 15 is 0 Å². The molecule has 7 heteroatoms. The number of hydrogen-bond acceptors (Lipinski definition) is 4. The standard InChI is InChI=1S/C15H23ClN2O3S/c16-14-5-4-6-15(13-14)22(20,21)18-10-8-17(9-11-18)7-2-1-3-12-19/h4-6,13,19H,1-3,7-12H2. The molecular formula is C15H23ClN2O3S. The van der Waals surface area contributed by atoms with Crippen molar-refractivity contribution >= 4 is 21.6 Å². The summed E-state index contributed by atoms with van der Waals surface area (Å²) >= 11 is 5.89. The average Bonchev–Trinajstić information content (AvgIpc) is 2.52. The van der Waals surface area contributed by atoms with Gasteiger partial charge >= 0.3 is 0 Å². The summed E-state index contributed by atoms with van der Waals surface area (Å²) in [6.45, 7) is 3.72. The first kappa shape index (κ1) is 17.7. The van der Waals surface area contributed by atoms with Crippen molar-refractivity contribution in [3.8, 4) is 0 Å². The maximum Gasteiger partial charge on any atom is 0.243 e.